The lowest BCUT2D eigenvalue weighted by Gasteiger charge is -2.07. The number of hydrogen-bond donors (Lipinski definition) is 1. The Labute approximate surface area is 124 Å². The Kier molecular flexibility index (Phi) is 5.41. The summed E-state index contributed by atoms with van der Waals surface area (Å²) < 4.78 is 39.1. The van der Waals surface area contributed by atoms with Crippen molar-refractivity contribution in [1.82, 2.24) is 9.71 Å². The van der Waals surface area contributed by atoms with E-state index in [1.165, 1.54) is 24.3 Å². The zero-order valence-electron chi connectivity index (χ0n) is 11.5. The number of hydrogen-bond acceptors (Lipinski definition) is 3. The van der Waals surface area contributed by atoms with Gasteiger partial charge >= 0.3 is 0 Å². The van der Waals surface area contributed by atoms with Crippen LogP contribution in [0.1, 0.15) is 17.5 Å². The van der Waals surface area contributed by atoms with Crippen LogP contribution in [0.5, 0.6) is 0 Å². The van der Waals surface area contributed by atoms with Crippen LogP contribution in [-0.2, 0) is 22.2 Å². The molecule has 0 saturated carbocycles. The van der Waals surface area contributed by atoms with Gasteiger partial charge in [-0.15, -0.1) is 0 Å². The number of aryl methyl sites for hydroxylation is 1. The maximum Gasteiger partial charge on any atom is 0.215 e. The van der Waals surface area contributed by atoms with Gasteiger partial charge in [0.05, 0.1) is 5.75 Å². The Morgan fingerprint density at radius 1 is 1.10 bits per heavy atom. The van der Waals surface area contributed by atoms with Crippen molar-refractivity contribution in [3.63, 3.8) is 0 Å². The van der Waals surface area contributed by atoms with E-state index in [2.05, 4.69) is 9.71 Å². The molecule has 0 aliphatic rings. The van der Waals surface area contributed by atoms with Crippen LogP contribution < -0.4 is 4.72 Å². The SMILES string of the molecule is O=S(=O)(Cc1ccc(F)cc1)NCCCc1cccnc1. The van der Waals surface area contributed by atoms with Crippen LogP contribution in [0.4, 0.5) is 4.39 Å². The highest BCUT2D eigenvalue weighted by atomic mass is 32.2. The monoisotopic (exact) mass is 308 g/mol. The second-order valence-corrected chi connectivity index (χ2v) is 6.55. The van der Waals surface area contributed by atoms with Crippen molar-refractivity contribution < 1.29 is 12.8 Å². The van der Waals surface area contributed by atoms with Gasteiger partial charge in [-0.1, -0.05) is 18.2 Å². The quantitative estimate of drug-likeness (QED) is 0.798. The fourth-order valence-electron chi connectivity index (χ4n) is 1.92. The Morgan fingerprint density at radius 2 is 1.86 bits per heavy atom. The smallest absolute Gasteiger partial charge is 0.215 e. The minimum absolute atomic E-state index is 0.139. The highest BCUT2D eigenvalue weighted by Crippen LogP contribution is 2.07. The lowest BCUT2D eigenvalue weighted by atomic mass is 10.2. The van der Waals surface area contributed by atoms with Crippen molar-refractivity contribution in [3.05, 3.63) is 65.7 Å². The lowest BCUT2D eigenvalue weighted by molar-refractivity contribution is 0.577. The van der Waals surface area contributed by atoms with Crippen LogP contribution >= 0.6 is 0 Å². The van der Waals surface area contributed by atoms with Crippen molar-refractivity contribution in [2.24, 2.45) is 0 Å². The standard InChI is InChI=1S/C15H17FN2O2S/c16-15-7-5-14(6-8-15)12-21(19,20)18-10-2-4-13-3-1-9-17-11-13/h1,3,5-9,11,18H,2,4,10,12H2. The molecule has 1 N–H and O–H groups in total. The van der Waals surface area contributed by atoms with E-state index in [0.717, 1.165) is 12.0 Å². The third-order valence-electron chi connectivity index (χ3n) is 2.96. The van der Waals surface area contributed by atoms with Gasteiger partial charge in [-0.05, 0) is 42.2 Å². The van der Waals surface area contributed by atoms with Gasteiger partial charge in [0, 0.05) is 18.9 Å². The van der Waals surface area contributed by atoms with E-state index in [9.17, 15) is 12.8 Å². The molecule has 112 valence electrons. The molecule has 0 saturated heterocycles. The summed E-state index contributed by atoms with van der Waals surface area (Å²) >= 11 is 0. The molecular weight excluding hydrogens is 291 g/mol. The molecule has 0 aliphatic carbocycles. The number of sulfonamides is 1. The maximum absolute atomic E-state index is 12.8. The molecule has 0 radical (unpaired) electrons. The first-order chi connectivity index (χ1) is 10.1. The van der Waals surface area contributed by atoms with Crippen molar-refractivity contribution in [2.45, 2.75) is 18.6 Å². The summed E-state index contributed by atoms with van der Waals surface area (Å²) in [6, 6.07) is 9.28. The molecule has 21 heavy (non-hydrogen) atoms. The first kappa shape index (κ1) is 15.6. The van der Waals surface area contributed by atoms with Crippen molar-refractivity contribution in [2.75, 3.05) is 6.54 Å². The van der Waals surface area contributed by atoms with Crippen molar-refractivity contribution in [1.29, 1.82) is 0 Å². The van der Waals surface area contributed by atoms with Gasteiger partial charge in [0.2, 0.25) is 10.0 Å². The number of nitrogens with zero attached hydrogens (tertiary/aromatic N) is 1. The van der Waals surface area contributed by atoms with E-state index in [0.29, 0.717) is 18.5 Å². The van der Waals surface area contributed by atoms with E-state index in [-0.39, 0.29) is 11.6 Å². The van der Waals surface area contributed by atoms with Crippen LogP contribution in [0.15, 0.2) is 48.8 Å². The first-order valence-electron chi connectivity index (χ1n) is 6.66. The first-order valence-corrected chi connectivity index (χ1v) is 8.31. The average Bonchev–Trinajstić information content (AvgIpc) is 2.47. The minimum atomic E-state index is -3.39. The Balaban J connectivity index is 1.77. The van der Waals surface area contributed by atoms with E-state index < -0.39 is 10.0 Å². The number of benzene rings is 1. The molecule has 0 amide bonds. The summed E-state index contributed by atoms with van der Waals surface area (Å²) in [6.07, 6.45) is 4.95. The molecule has 1 aromatic carbocycles. The molecule has 1 heterocycles. The minimum Gasteiger partial charge on any atom is -0.264 e. The molecule has 0 spiro atoms. The highest BCUT2D eigenvalue weighted by molar-refractivity contribution is 7.88. The summed E-state index contributed by atoms with van der Waals surface area (Å²) in [5.41, 5.74) is 1.64. The highest BCUT2D eigenvalue weighted by Gasteiger charge is 2.10. The number of rotatable bonds is 7. The van der Waals surface area contributed by atoms with Crippen molar-refractivity contribution in [3.8, 4) is 0 Å². The molecule has 2 rings (SSSR count). The average molecular weight is 308 g/mol. The molecule has 1 aromatic heterocycles. The van der Waals surface area contributed by atoms with E-state index in [4.69, 9.17) is 0 Å². The zero-order valence-corrected chi connectivity index (χ0v) is 12.3. The van der Waals surface area contributed by atoms with Gasteiger partial charge in [0.15, 0.2) is 0 Å². The normalized spacial score (nSPS) is 11.5. The van der Waals surface area contributed by atoms with Crippen molar-refractivity contribution >= 4 is 10.0 Å². The second kappa shape index (κ2) is 7.28. The third-order valence-corrected chi connectivity index (χ3v) is 4.31. The van der Waals surface area contributed by atoms with Gasteiger partial charge in [0.25, 0.3) is 0 Å². The largest absolute Gasteiger partial charge is 0.264 e. The third kappa shape index (κ3) is 5.61. The summed E-state index contributed by atoms with van der Waals surface area (Å²) in [5, 5.41) is 0. The summed E-state index contributed by atoms with van der Waals surface area (Å²) in [4.78, 5) is 4.01. The predicted octanol–water partition coefficient (Wildman–Crippen LogP) is 2.27. The van der Waals surface area contributed by atoms with E-state index in [1.54, 1.807) is 12.4 Å². The molecule has 0 aliphatic heterocycles. The molecule has 0 fully saturated rings. The van der Waals surface area contributed by atoms with Crippen LogP contribution in [0.25, 0.3) is 0 Å². The molecule has 0 atom stereocenters. The number of nitrogens with one attached hydrogen (secondary N) is 1. The predicted molar refractivity (Wildman–Crippen MR) is 79.6 cm³/mol. The summed E-state index contributed by atoms with van der Waals surface area (Å²) in [7, 11) is -3.39. The van der Waals surface area contributed by atoms with Gasteiger partial charge in [0.1, 0.15) is 5.82 Å². The number of aromatic nitrogens is 1. The number of pyridine rings is 1. The van der Waals surface area contributed by atoms with E-state index in [1.807, 2.05) is 12.1 Å². The van der Waals surface area contributed by atoms with Gasteiger partial charge in [-0.3, -0.25) is 4.98 Å². The van der Waals surface area contributed by atoms with Crippen LogP contribution in [0, 0.1) is 5.82 Å². The fraction of sp³-hybridized carbons (Fsp3) is 0.267. The molecule has 6 heteroatoms. The van der Waals surface area contributed by atoms with E-state index >= 15 is 0 Å². The Hall–Kier alpha value is -1.79. The Bertz CT molecular complexity index is 658. The van der Waals surface area contributed by atoms with Crippen LogP contribution in [0.3, 0.4) is 0 Å². The lowest BCUT2D eigenvalue weighted by Crippen LogP contribution is -2.26. The summed E-state index contributed by atoms with van der Waals surface area (Å²) in [6.45, 7) is 0.373. The Morgan fingerprint density at radius 3 is 2.52 bits per heavy atom. The van der Waals surface area contributed by atoms with Crippen LogP contribution in [0.2, 0.25) is 0 Å². The fourth-order valence-corrected chi connectivity index (χ4v) is 3.11. The second-order valence-electron chi connectivity index (χ2n) is 4.74. The zero-order chi connectivity index (χ0) is 15.1. The molecular formula is C15H17FN2O2S. The van der Waals surface area contributed by atoms with Crippen LogP contribution in [-0.4, -0.2) is 19.9 Å². The van der Waals surface area contributed by atoms with Gasteiger partial charge in [-0.25, -0.2) is 17.5 Å². The number of halogens is 1. The molecule has 2 aromatic rings. The molecule has 4 nitrogen and oxygen atoms in total. The topological polar surface area (TPSA) is 59.1 Å². The van der Waals surface area contributed by atoms with Gasteiger partial charge in [-0.2, -0.15) is 0 Å². The van der Waals surface area contributed by atoms with Gasteiger partial charge < -0.3 is 0 Å². The maximum atomic E-state index is 12.8. The summed E-state index contributed by atoms with van der Waals surface area (Å²) in [5.74, 6) is -0.513. The molecule has 0 unspecified atom stereocenters. The molecule has 0 bridgehead atoms.